The van der Waals surface area contributed by atoms with E-state index in [9.17, 15) is 0 Å². The maximum Gasteiger partial charge on any atom is 0.145 e. The summed E-state index contributed by atoms with van der Waals surface area (Å²) in [4.78, 5) is 5.30. The summed E-state index contributed by atoms with van der Waals surface area (Å²) in [5.74, 6) is 0.931. The largest absolute Gasteiger partial charge is 0.292 e. The SMILES string of the molecule is CC1(C)c2ccccc2-c2ccc(-c3ccc4c(-c5ccccc5)c5cc(-c6ccc7c(c6)nc(-c6ccccc6)n7-c6ccccc6)ccc5c(-c5ccccc5)c4c3)cc21. The highest BCUT2D eigenvalue weighted by atomic mass is 15.1. The molecule has 0 unspecified atom stereocenters. The van der Waals surface area contributed by atoms with Crippen LogP contribution in [0.3, 0.4) is 0 Å². The number of rotatable bonds is 6. The fraction of sp³-hybridized carbons (Fsp3) is 0.0500. The van der Waals surface area contributed by atoms with E-state index in [1.165, 1.54) is 77.2 Å². The smallest absolute Gasteiger partial charge is 0.145 e. The quantitative estimate of drug-likeness (QED) is 0.153. The lowest BCUT2D eigenvalue weighted by Gasteiger charge is -2.22. The van der Waals surface area contributed by atoms with Gasteiger partial charge in [0.15, 0.2) is 0 Å². The highest BCUT2D eigenvalue weighted by molar-refractivity contribution is 6.22. The number of benzene rings is 10. The van der Waals surface area contributed by atoms with Gasteiger partial charge >= 0.3 is 0 Å². The van der Waals surface area contributed by atoms with Gasteiger partial charge in [-0.05, 0) is 131 Å². The van der Waals surface area contributed by atoms with Crippen molar-refractivity contribution in [2.75, 3.05) is 0 Å². The van der Waals surface area contributed by atoms with Crippen LogP contribution in [-0.4, -0.2) is 9.55 Å². The van der Waals surface area contributed by atoms with Crippen molar-refractivity contribution in [2.45, 2.75) is 19.3 Å². The van der Waals surface area contributed by atoms with Gasteiger partial charge in [-0.2, -0.15) is 0 Å². The highest BCUT2D eigenvalue weighted by Crippen LogP contribution is 2.51. The van der Waals surface area contributed by atoms with Gasteiger partial charge in [0.2, 0.25) is 0 Å². The van der Waals surface area contributed by atoms with Crippen LogP contribution in [0, 0.1) is 0 Å². The van der Waals surface area contributed by atoms with Crippen molar-refractivity contribution >= 4 is 32.6 Å². The Balaban J connectivity index is 1.07. The van der Waals surface area contributed by atoms with Crippen LogP contribution in [0.25, 0.3) is 105 Å². The van der Waals surface area contributed by atoms with Gasteiger partial charge in [-0.1, -0.05) is 190 Å². The molecule has 0 spiro atoms. The number of fused-ring (bicyclic) bond motifs is 6. The molecule has 0 bridgehead atoms. The van der Waals surface area contributed by atoms with E-state index in [1.54, 1.807) is 0 Å². The number of nitrogens with zero attached hydrogens (tertiary/aromatic N) is 2. The number of hydrogen-bond acceptors (Lipinski definition) is 1. The molecule has 1 aliphatic carbocycles. The van der Waals surface area contributed by atoms with Gasteiger partial charge in [-0.25, -0.2) is 4.98 Å². The number of aromatic nitrogens is 2. The molecule has 0 amide bonds. The summed E-state index contributed by atoms with van der Waals surface area (Å²) in [6, 6.07) is 79.8. The predicted molar refractivity (Wildman–Crippen MR) is 261 cm³/mol. The molecule has 0 aliphatic heterocycles. The molecule has 1 heterocycles. The molecule has 10 aromatic carbocycles. The Labute approximate surface area is 362 Å². The van der Waals surface area contributed by atoms with E-state index >= 15 is 0 Å². The summed E-state index contributed by atoms with van der Waals surface area (Å²) >= 11 is 0. The van der Waals surface area contributed by atoms with E-state index in [0.717, 1.165) is 39.2 Å². The predicted octanol–water partition coefficient (Wildman–Crippen LogP) is 16.0. The Hall–Kier alpha value is -7.81. The molecule has 1 aromatic heterocycles. The standard InChI is InChI=1S/C60H42N2/c1-60(2)53-26-16-15-25-47(53)48-31-27-44(37-54(48)60)42-28-32-49-51(35-42)57(39-17-7-3-8-18-39)50-33-29-43(36-52(50)58(49)40-19-9-4-10-20-40)45-30-34-56-55(38-45)61-59(41-21-11-5-12-22-41)62(56)46-23-13-6-14-24-46/h3-38H,1-2H3. The van der Waals surface area contributed by atoms with Gasteiger partial charge in [0, 0.05) is 16.7 Å². The second kappa shape index (κ2) is 14.1. The molecular formula is C60H42N2. The van der Waals surface area contributed by atoms with Crippen LogP contribution in [0.5, 0.6) is 0 Å². The molecule has 0 fully saturated rings. The Bertz CT molecular complexity index is 3510. The first-order valence-electron chi connectivity index (χ1n) is 21.5. The molecule has 62 heavy (non-hydrogen) atoms. The molecule has 292 valence electrons. The van der Waals surface area contributed by atoms with Crippen molar-refractivity contribution in [3.05, 3.63) is 230 Å². The van der Waals surface area contributed by atoms with Gasteiger partial charge in [-0.15, -0.1) is 0 Å². The van der Waals surface area contributed by atoms with Crippen molar-refractivity contribution in [2.24, 2.45) is 0 Å². The summed E-state index contributed by atoms with van der Waals surface area (Å²) in [5, 5.41) is 4.94. The minimum Gasteiger partial charge on any atom is -0.292 e. The molecule has 0 radical (unpaired) electrons. The zero-order valence-corrected chi connectivity index (χ0v) is 34.7. The zero-order chi connectivity index (χ0) is 41.4. The van der Waals surface area contributed by atoms with Crippen LogP contribution in [0.1, 0.15) is 25.0 Å². The number of imidazole rings is 1. The summed E-state index contributed by atoms with van der Waals surface area (Å²) in [7, 11) is 0. The van der Waals surface area contributed by atoms with E-state index in [0.29, 0.717) is 0 Å². The molecule has 2 heteroatoms. The first-order chi connectivity index (χ1) is 30.5. The average molecular weight is 791 g/mol. The number of hydrogen-bond donors (Lipinski definition) is 0. The van der Waals surface area contributed by atoms with Gasteiger partial charge in [0.1, 0.15) is 5.82 Å². The zero-order valence-electron chi connectivity index (χ0n) is 34.7. The summed E-state index contributed by atoms with van der Waals surface area (Å²) in [6.07, 6.45) is 0. The second-order valence-corrected chi connectivity index (χ2v) is 17.1. The lowest BCUT2D eigenvalue weighted by molar-refractivity contribution is 0.660. The minimum atomic E-state index is -0.0704. The van der Waals surface area contributed by atoms with E-state index in [2.05, 4.69) is 237 Å². The van der Waals surface area contributed by atoms with Gasteiger partial charge in [0.05, 0.1) is 11.0 Å². The lowest BCUT2D eigenvalue weighted by atomic mass is 9.81. The molecular weight excluding hydrogens is 749 g/mol. The summed E-state index contributed by atoms with van der Waals surface area (Å²) < 4.78 is 2.28. The Kier molecular flexibility index (Phi) is 8.23. The summed E-state index contributed by atoms with van der Waals surface area (Å²) in [6.45, 7) is 4.72. The molecule has 11 aromatic rings. The van der Waals surface area contributed by atoms with Gasteiger partial charge < -0.3 is 0 Å². The summed E-state index contributed by atoms with van der Waals surface area (Å²) in [5.41, 5.74) is 19.3. The van der Waals surface area contributed by atoms with Crippen molar-refractivity contribution in [1.82, 2.24) is 9.55 Å². The van der Waals surface area contributed by atoms with Crippen molar-refractivity contribution < 1.29 is 0 Å². The third kappa shape index (κ3) is 5.68. The Morgan fingerprint density at radius 3 is 1.44 bits per heavy atom. The van der Waals surface area contributed by atoms with Crippen LogP contribution in [0.4, 0.5) is 0 Å². The molecule has 0 saturated heterocycles. The normalized spacial score (nSPS) is 12.8. The van der Waals surface area contributed by atoms with Crippen LogP contribution in [0.2, 0.25) is 0 Å². The monoisotopic (exact) mass is 790 g/mol. The molecule has 0 atom stereocenters. The third-order valence-electron chi connectivity index (χ3n) is 13.2. The molecule has 12 rings (SSSR count). The lowest BCUT2D eigenvalue weighted by Crippen LogP contribution is -2.14. The molecule has 0 N–H and O–H groups in total. The third-order valence-corrected chi connectivity index (χ3v) is 13.2. The maximum absolute atomic E-state index is 5.30. The van der Waals surface area contributed by atoms with Crippen molar-refractivity contribution in [3.8, 4) is 72.7 Å². The Morgan fingerprint density at radius 2 is 0.823 bits per heavy atom. The molecule has 0 saturated carbocycles. The topological polar surface area (TPSA) is 17.8 Å². The van der Waals surface area contributed by atoms with E-state index in [4.69, 9.17) is 4.98 Å². The fourth-order valence-electron chi connectivity index (χ4n) is 10.2. The van der Waals surface area contributed by atoms with Crippen LogP contribution in [0.15, 0.2) is 218 Å². The van der Waals surface area contributed by atoms with Crippen molar-refractivity contribution in [3.63, 3.8) is 0 Å². The van der Waals surface area contributed by atoms with Crippen LogP contribution in [-0.2, 0) is 5.41 Å². The first-order valence-corrected chi connectivity index (χ1v) is 21.5. The Morgan fingerprint density at radius 1 is 0.355 bits per heavy atom. The fourth-order valence-corrected chi connectivity index (χ4v) is 10.2. The highest BCUT2D eigenvalue weighted by Gasteiger charge is 2.35. The second-order valence-electron chi connectivity index (χ2n) is 17.1. The minimum absolute atomic E-state index is 0.0704. The molecule has 1 aliphatic rings. The van der Waals surface area contributed by atoms with E-state index in [1.807, 2.05) is 0 Å². The van der Waals surface area contributed by atoms with E-state index in [-0.39, 0.29) is 5.41 Å². The first kappa shape index (κ1) is 36.1. The maximum atomic E-state index is 5.30. The average Bonchev–Trinajstić information content (AvgIpc) is 3.83. The van der Waals surface area contributed by atoms with Crippen LogP contribution >= 0.6 is 0 Å². The van der Waals surface area contributed by atoms with Gasteiger partial charge in [0.25, 0.3) is 0 Å². The van der Waals surface area contributed by atoms with Crippen LogP contribution < -0.4 is 0 Å². The van der Waals surface area contributed by atoms with Crippen molar-refractivity contribution in [1.29, 1.82) is 0 Å². The molecule has 2 nitrogen and oxygen atoms in total. The van der Waals surface area contributed by atoms with E-state index < -0.39 is 0 Å². The number of para-hydroxylation sites is 1. The van der Waals surface area contributed by atoms with Gasteiger partial charge in [-0.3, -0.25) is 4.57 Å².